The first kappa shape index (κ1) is 14.7. The van der Waals surface area contributed by atoms with Crippen LogP contribution in [0.4, 0.5) is 4.39 Å². The third kappa shape index (κ3) is 3.07. The molecule has 4 heteroatoms. The molecule has 0 radical (unpaired) electrons. The molecule has 0 saturated carbocycles. The molecule has 1 heterocycles. The molecular formula is C16H22FN3. The summed E-state index contributed by atoms with van der Waals surface area (Å²) >= 11 is 0. The average molecular weight is 275 g/mol. The van der Waals surface area contributed by atoms with Crippen molar-refractivity contribution in [1.82, 2.24) is 15.1 Å². The molecule has 20 heavy (non-hydrogen) atoms. The number of rotatable bonds is 5. The number of aryl methyl sites for hydroxylation is 2. The van der Waals surface area contributed by atoms with Crippen molar-refractivity contribution < 1.29 is 4.39 Å². The van der Waals surface area contributed by atoms with E-state index in [9.17, 15) is 4.39 Å². The molecule has 0 amide bonds. The lowest BCUT2D eigenvalue weighted by molar-refractivity contribution is 0.619. The van der Waals surface area contributed by atoms with E-state index in [0.717, 1.165) is 29.9 Å². The predicted molar refractivity (Wildman–Crippen MR) is 79.3 cm³/mol. The van der Waals surface area contributed by atoms with Crippen molar-refractivity contribution in [3.63, 3.8) is 0 Å². The fraction of sp³-hybridized carbons (Fsp3) is 0.438. The Morgan fingerprint density at radius 1 is 1.25 bits per heavy atom. The highest BCUT2D eigenvalue weighted by Gasteiger charge is 2.12. The van der Waals surface area contributed by atoms with Crippen molar-refractivity contribution in [2.45, 2.75) is 40.8 Å². The number of nitrogens with zero attached hydrogens (tertiary/aromatic N) is 2. The van der Waals surface area contributed by atoms with Crippen molar-refractivity contribution in [3.05, 3.63) is 52.1 Å². The lowest BCUT2D eigenvalue weighted by Gasteiger charge is -2.09. The molecule has 1 aromatic carbocycles. The summed E-state index contributed by atoms with van der Waals surface area (Å²) in [4.78, 5) is 0. The standard InChI is InChI=1S/C16H22FN3/c1-5-18-9-16-12(3)19-20(13(16)4)10-14-6-7-15(17)8-11(14)2/h6-8,18H,5,9-10H2,1-4H3. The average Bonchev–Trinajstić information content (AvgIpc) is 2.66. The summed E-state index contributed by atoms with van der Waals surface area (Å²) in [5.41, 5.74) is 5.56. The molecule has 0 fully saturated rings. The van der Waals surface area contributed by atoms with Crippen LogP contribution < -0.4 is 5.32 Å². The highest BCUT2D eigenvalue weighted by molar-refractivity contribution is 5.29. The Balaban J connectivity index is 2.25. The van der Waals surface area contributed by atoms with Crippen molar-refractivity contribution in [1.29, 1.82) is 0 Å². The summed E-state index contributed by atoms with van der Waals surface area (Å²) in [5.74, 6) is -0.188. The summed E-state index contributed by atoms with van der Waals surface area (Å²) in [6.07, 6.45) is 0. The monoisotopic (exact) mass is 275 g/mol. The van der Waals surface area contributed by atoms with E-state index in [1.54, 1.807) is 6.07 Å². The van der Waals surface area contributed by atoms with Gasteiger partial charge in [-0.15, -0.1) is 0 Å². The Labute approximate surface area is 119 Å². The van der Waals surface area contributed by atoms with Crippen LogP contribution in [-0.4, -0.2) is 16.3 Å². The summed E-state index contributed by atoms with van der Waals surface area (Å²) in [6, 6.07) is 4.92. The maximum absolute atomic E-state index is 13.1. The van der Waals surface area contributed by atoms with Crippen molar-refractivity contribution in [2.75, 3.05) is 6.54 Å². The molecule has 0 spiro atoms. The summed E-state index contributed by atoms with van der Waals surface area (Å²) in [6.45, 7) is 10.6. The zero-order chi connectivity index (χ0) is 14.7. The molecule has 0 bridgehead atoms. The SMILES string of the molecule is CCNCc1c(C)nn(Cc2ccc(F)cc2C)c1C. The Hall–Kier alpha value is -1.68. The van der Waals surface area contributed by atoms with Crippen LogP contribution in [0.15, 0.2) is 18.2 Å². The van der Waals surface area contributed by atoms with Gasteiger partial charge in [0.1, 0.15) is 5.82 Å². The van der Waals surface area contributed by atoms with Crippen LogP contribution >= 0.6 is 0 Å². The third-order valence-corrected chi connectivity index (χ3v) is 3.71. The van der Waals surface area contributed by atoms with Gasteiger partial charge in [0, 0.05) is 17.8 Å². The smallest absolute Gasteiger partial charge is 0.123 e. The Morgan fingerprint density at radius 3 is 2.65 bits per heavy atom. The van der Waals surface area contributed by atoms with Crippen LogP contribution in [0.3, 0.4) is 0 Å². The topological polar surface area (TPSA) is 29.9 Å². The van der Waals surface area contributed by atoms with E-state index in [2.05, 4.69) is 24.3 Å². The van der Waals surface area contributed by atoms with Gasteiger partial charge in [-0.1, -0.05) is 13.0 Å². The van der Waals surface area contributed by atoms with E-state index in [-0.39, 0.29) is 5.82 Å². The van der Waals surface area contributed by atoms with E-state index < -0.39 is 0 Å². The number of hydrogen-bond donors (Lipinski definition) is 1. The molecular weight excluding hydrogens is 253 g/mol. The van der Waals surface area contributed by atoms with Crippen LogP contribution in [0.25, 0.3) is 0 Å². The molecule has 2 rings (SSSR count). The van der Waals surface area contributed by atoms with Gasteiger partial charge >= 0.3 is 0 Å². The quantitative estimate of drug-likeness (QED) is 0.908. The first-order valence-electron chi connectivity index (χ1n) is 7.01. The minimum absolute atomic E-state index is 0.188. The molecule has 108 valence electrons. The van der Waals surface area contributed by atoms with Crippen molar-refractivity contribution >= 4 is 0 Å². The van der Waals surface area contributed by atoms with Gasteiger partial charge in [0.05, 0.1) is 12.2 Å². The Kier molecular flexibility index (Phi) is 4.55. The summed E-state index contributed by atoms with van der Waals surface area (Å²) in [7, 11) is 0. The molecule has 1 aromatic heterocycles. The summed E-state index contributed by atoms with van der Waals surface area (Å²) < 4.78 is 15.1. The van der Waals surface area contributed by atoms with E-state index in [0.29, 0.717) is 6.54 Å². The zero-order valence-corrected chi connectivity index (χ0v) is 12.6. The molecule has 0 aliphatic carbocycles. The van der Waals surface area contributed by atoms with Gasteiger partial charge < -0.3 is 5.32 Å². The van der Waals surface area contributed by atoms with Crippen LogP contribution in [0, 0.1) is 26.6 Å². The molecule has 0 aliphatic heterocycles. The lowest BCUT2D eigenvalue weighted by Crippen LogP contribution is -2.13. The van der Waals surface area contributed by atoms with Gasteiger partial charge in [-0.3, -0.25) is 4.68 Å². The van der Waals surface area contributed by atoms with E-state index >= 15 is 0 Å². The second kappa shape index (κ2) is 6.18. The maximum atomic E-state index is 13.1. The largest absolute Gasteiger partial charge is 0.313 e. The van der Waals surface area contributed by atoms with Gasteiger partial charge in [-0.2, -0.15) is 5.10 Å². The number of halogens is 1. The van der Waals surface area contributed by atoms with Gasteiger partial charge in [0.15, 0.2) is 0 Å². The van der Waals surface area contributed by atoms with Crippen LogP contribution in [0.2, 0.25) is 0 Å². The highest BCUT2D eigenvalue weighted by Crippen LogP contribution is 2.17. The van der Waals surface area contributed by atoms with Gasteiger partial charge in [-0.05, 0) is 50.6 Å². The van der Waals surface area contributed by atoms with Gasteiger partial charge in [0.2, 0.25) is 0 Å². The van der Waals surface area contributed by atoms with Crippen LogP contribution in [0.5, 0.6) is 0 Å². The molecule has 0 saturated heterocycles. The minimum atomic E-state index is -0.188. The van der Waals surface area contributed by atoms with Crippen LogP contribution in [-0.2, 0) is 13.1 Å². The number of benzene rings is 1. The zero-order valence-electron chi connectivity index (χ0n) is 12.6. The summed E-state index contributed by atoms with van der Waals surface area (Å²) in [5, 5.41) is 7.94. The maximum Gasteiger partial charge on any atom is 0.123 e. The second-order valence-electron chi connectivity index (χ2n) is 5.16. The van der Waals surface area contributed by atoms with E-state index in [1.165, 1.54) is 17.3 Å². The number of hydrogen-bond acceptors (Lipinski definition) is 2. The molecule has 1 N–H and O–H groups in total. The molecule has 0 unspecified atom stereocenters. The molecule has 0 atom stereocenters. The van der Waals surface area contributed by atoms with E-state index in [1.807, 2.05) is 24.6 Å². The van der Waals surface area contributed by atoms with E-state index in [4.69, 9.17) is 0 Å². The Morgan fingerprint density at radius 2 is 2.00 bits per heavy atom. The predicted octanol–water partition coefficient (Wildman–Crippen LogP) is 3.11. The van der Waals surface area contributed by atoms with Crippen LogP contribution in [0.1, 0.15) is 35.0 Å². The molecule has 3 nitrogen and oxygen atoms in total. The minimum Gasteiger partial charge on any atom is -0.313 e. The Bertz CT molecular complexity index is 602. The van der Waals surface area contributed by atoms with Gasteiger partial charge in [-0.25, -0.2) is 4.39 Å². The second-order valence-corrected chi connectivity index (χ2v) is 5.16. The lowest BCUT2D eigenvalue weighted by atomic mass is 10.1. The van der Waals surface area contributed by atoms with Gasteiger partial charge in [0.25, 0.3) is 0 Å². The highest BCUT2D eigenvalue weighted by atomic mass is 19.1. The normalized spacial score (nSPS) is 11.1. The van der Waals surface area contributed by atoms with Crippen molar-refractivity contribution in [2.24, 2.45) is 0 Å². The first-order valence-corrected chi connectivity index (χ1v) is 7.01. The first-order chi connectivity index (χ1) is 9.52. The fourth-order valence-electron chi connectivity index (χ4n) is 2.39. The van der Waals surface area contributed by atoms with Crippen molar-refractivity contribution in [3.8, 4) is 0 Å². The fourth-order valence-corrected chi connectivity index (χ4v) is 2.39. The molecule has 0 aliphatic rings. The number of aromatic nitrogens is 2. The molecule has 2 aromatic rings. The number of nitrogens with one attached hydrogen (secondary N) is 1. The third-order valence-electron chi connectivity index (χ3n) is 3.71.